The van der Waals surface area contributed by atoms with Crippen molar-refractivity contribution in [1.82, 2.24) is 14.2 Å². The van der Waals surface area contributed by atoms with Crippen LogP contribution >= 0.6 is 0 Å². The summed E-state index contributed by atoms with van der Waals surface area (Å²) in [6, 6.07) is 27.3. The number of piperazine rings is 1. The van der Waals surface area contributed by atoms with E-state index in [-0.39, 0.29) is 29.8 Å². The molecule has 5 rings (SSSR count). The Morgan fingerprint density at radius 3 is 2.08 bits per heavy atom. The normalized spacial score (nSPS) is 14.9. The molecular weight excluding hydrogens is 470 g/mol. The van der Waals surface area contributed by atoms with Gasteiger partial charge in [0, 0.05) is 50.1 Å². The van der Waals surface area contributed by atoms with Crippen molar-refractivity contribution >= 4 is 26.8 Å². The number of hydrogen-bond acceptors (Lipinski definition) is 4. The quantitative estimate of drug-likeness (QED) is 0.389. The second-order valence-corrected chi connectivity index (χ2v) is 11.1. The van der Waals surface area contributed by atoms with Crippen LogP contribution < -0.4 is 0 Å². The summed E-state index contributed by atoms with van der Waals surface area (Å²) in [4.78, 5) is 19.7. The molecule has 0 spiro atoms. The third kappa shape index (κ3) is 4.90. The first kappa shape index (κ1) is 24.2. The molecule has 1 aliphatic heterocycles. The third-order valence-electron chi connectivity index (χ3n) is 6.80. The highest BCUT2D eigenvalue weighted by Crippen LogP contribution is 2.30. The number of pyridine rings is 1. The van der Waals surface area contributed by atoms with Crippen LogP contribution in [0.15, 0.2) is 96.0 Å². The summed E-state index contributed by atoms with van der Waals surface area (Å²) >= 11 is 0. The number of benzene rings is 3. The number of sulfonamides is 1. The Morgan fingerprint density at radius 2 is 1.47 bits per heavy atom. The van der Waals surface area contributed by atoms with E-state index in [0.29, 0.717) is 25.0 Å². The summed E-state index contributed by atoms with van der Waals surface area (Å²) in [7, 11) is -3.73. The second-order valence-electron chi connectivity index (χ2n) is 9.20. The van der Waals surface area contributed by atoms with Gasteiger partial charge in [0.2, 0.25) is 15.9 Å². The van der Waals surface area contributed by atoms with Gasteiger partial charge in [-0.05, 0) is 35.7 Å². The molecule has 1 aliphatic rings. The Kier molecular flexibility index (Phi) is 6.85. The molecule has 0 radical (unpaired) electrons. The van der Waals surface area contributed by atoms with Crippen molar-refractivity contribution in [1.29, 1.82) is 0 Å². The average Bonchev–Trinajstić information content (AvgIpc) is 2.92. The number of amides is 1. The summed E-state index contributed by atoms with van der Waals surface area (Å²) in [6.45, 7) is 3.19. The SMILES string of the molecule is Cc1cnc2c(S(=O)(=O)N3CCN(C(=O)CC(c4ccccc4)c4ccccc4)CC3)cccc2c1. The number of hydrogen-bond donors (Lipinski definition) is 0. The number of aryl methyl sites for hydroxylation is 1. The second kappa shape index (κ2) is 10.2. The highest BCUT2D eigenvalue weighted by Gasteiger charge is 2.32. The van der Waals surface area contributed by atoms with Gasteiger partial charge < -0.3 is 4.90 Å². The van der Waals surface area contributed by atoms with Crippen molar-refractivity contribution in [3.63, 3.8) is 0 Å². The standard InChI is InChI=1S/C29H29N3O3S/c1-22-19-25-13-8-14-27(29(25)30-21-22)36(34,35)32-17-15-31(16-18-32)28(33)20-26(23-9-4-2-5-10-23)24-11-6-3-7-12-24/h2-14,19,21,26H,15-18,20H2,1H3. The van der Waals surface area contributed by atoms with E-state index in [1.807, 2.05) is 55.5 Å². The number of aromatic nitrogens is 1. The van der Waals surface area contributed by atoms with E-state index in [9.17, 15) is 13.2 Å². The van der Waals surface area contributed by atoms with Crippen molar-refractivity contribution in [3.05, 3.63) is 108 Å². The fraction of sp³-hybridized carbons (Fsp3) is 0.241. The van der Waals surface area contributed by atoms with Gasteiger partial charge >= 0.3 is 0 Å². The highest BCUT2D eigenvalue weighted by molar-refractivity contribution is 7.89. The monoisotopic (exact) mass is 499 g/mol. The molecular formula is C29H29N3O3S. The van der Waals surface area contributed by atoms with Gasteiger partial charge in [0.05, 0.1) is 5.52 Å². The molecule has 0 atom stereocenters. The Bertz CT molecular complexity index is 1430. The van der Waals surface area contributed by atoms with Crippen molar-refractivity contribution in [2.24, 2.45) is 0 Å². The minimum absolute atomic E-state index is 0.0343. The zero-order valence-corrected chi connectivity index (χ0v) is 21.1. The average molecular weight is 500 g/mol. The molecule has 1 aromatic heterocycles. The topological polar surface area (TPSA) is 70.6 Å². The van der Waals surface area contributed by atoms with Gasteiger partial charge in [-0.25, -0.2) is 8.42 Å². The fourth-order valence-corrected chi connectivity index (χ4v) is 6.46. The summed E-state index contributed by atoms with van der Waals surface area (Å²) in [5.41, 5.74) is 3.65. The molecule has 6 nitrogen and oxygen atoms in total. The summed E-state index contributed by atoms with van der Waals surface area (Å²) < 4.78 is 28.5. The molecule has 184 valence electrons. The molecule has 4 aromatic rings. The van der Waals surface area contributed by atoms with Gasteiger partial charge in [0.25, 0.3) is 0 Å². The van der Waals surface area contributed by atoms with E-state index >= 15 is 0 Å². The van der Waals surface area contributed by atoms with Crippen LogP contribution in [0.4, 0.5) is 0 Å². The first-order valence-electron chi connectivity index (χ1n) is 12.2. The molecule has 36 heavy (non-hydrogen) atoms. The Hall–Kier alpha value is -3.55. The molecule has 3 aromatic carbocycles. The van der Waals surface area contributed by atoms with E-state index < -0.39 is 10.0 Å². The number of nitrogens with zero attached hydrogens (tertiary/aromatic N) is 3. The largest absolute Gasteiger partial charge is 0.340 e. The lowest BCUT2D eigenvalue weighted by atomic mass is 9.88. The van der Waals surface area contributed by atoms with E-state index in [1.54, 1.807) is 23.2 Å². The molecule has 1 saturated heterocycles. The van der Waals surface area contributed by atoms with E-state index in [2.05, 4.69) is 29.2 Å². The summed E-state index contributed by atoms with van der Waals surface area (Å²) in [5.74, 6) is -0.0149. The van der Waals surface area contributed by atoms with Crippen LogP contribution in [0, 0.1) is 6.92 Å². The van der Waals surface area contributed by atoms with Crippen LogP contribution in [0.25, 0.3) is 10.9 Å². The zero-order chi connectivity index (χ0) is 25.1. The van der Waals surface area contributed by atoms with Crippen LogP contribution in [0.2, 0.25) is 0 Å². The van der Waals surface area contributed by atoms with Crippen LogP contribution in [-0.4, -0.2) is 54.7 Å². The van der Waals surface area contributed by atoms with Gasteiger partial charge in [0.1, 0.15) is 4.90 Å². The molecule has 1 fully saturated rings. The third-order valence-corrected chi connectivity index (χ3v) is 8.73. The van der Waals surface area contributed by atoms with Gasteiger partial charge in [0.15, 0.2) is 0 Å². The highest BCUT2D eigenvalue weighted by atomic mass is 32.2. The van der Waals surface area contributed by atoms with Gasteiger partial charge in [-0.2, -0.15) is 4.31 Å². The maximum absolute atomic E-state index is 13.5. The zero-order valence-electron chi connectivity index (χ0n) is 20.2. The first-order chi connectivity index (χ1) is 17.4. The van der Waals surface area contributed by atoms with Crippen LogP contribution in [0.3, 0.4) is 0 Å². The molecule has 0 bridgehead atoms. The molecule has 2 heterocycles. The van der Waals surface area contributed by atoms with Crippen molar-refractivity contribution < 1.29 is 13.2 Å². The Morgan fingerprint density at radius 1 is 0.861 bits per heavy atom. The molecule has 0 N–H and O–H groups in total. The lowest BCUT2D eigenvalue weighted by Crippen LogP contribution is -2.50. The number of fused-ring (bicyclic) bond motifs is 1. The van der Waals surface area contributed by atoms with Crippen LogP contribution in [-0.2, 0) is 14.8 Å². The van der Waals surface area contributed by atoms with Gasteiger partial charge in [-0.3, -0.25) is 9.78 Å². The Labute approximate surface area is 212 Å². The minimum Gasteiger partial charge on any atom is -0.340 e. The van der Waals surface area contributed by atoms with Crippen molar-refractivity contribution in [3.8, 4) is 0 Å². The molecule has 0 saturated carbocycles. The Balaban J connectivity index is 1.31. The molecule has 0 aliphatic carbocycles. The van der Waals surface area contributed by atoms with Gasteiger partial charge in [-0.15, -0.1) is 0 Å². The molecule has 0 unspecified atom stereocenters. The summed E-state index contributed by atoms with van der Waals surface area (Å²) in [6.07, 6.45) is 2.03. The van der Waals surface area contributed by atoms with E-state index in [4.69, 9.17) is 0 Å². The van der Waals surface area contributed by atoms with Crippen LogP contribution in [0.5, 0.6) is 0 Å². The number of carbonyl (C=O) groups is 1. The maximum atomic E-state index is 13.5. The van der Waals surface area contributed by atoms with E-state index in [0.717, 1.165) is 22.1 Å². The maximum Gasteiger partial charge on any atom is 0.245 e. The minimum atomic E-state index is -3.73. The first-order valence-corrected chi connectivity index (χ1v) is 13.6. The van der Waals surface area contributed by atoms with Crippen LogP contribution in [0.1, 0.15) is 29.0 Å². The van der Waals surface area contributed by atoms with Gasteiger partial charge in [-0.1, -0.05) is 72.8 Å². The van der Waals surface area contributed by atoms with Crippen molar-refractivity contribution in [2.45, 2.75) is 24.2 Å². The lowest BCUT2D eigenvalue weighted by molar-refractivity contribution is -0.132. The van der Waals surface area contributed by atoms with Crippen molar-refractivity contribution in [2.75, 3.05) is 26.2 Å². The number of para-hydroxylation sites is 1. The molecule has 7 heteroatoms. The smallest absolute Gasteiger partial charge is 0.245 e. The van der Waals surface area contributed by atoms with E-state index in [1.165, 1.54) is 4.31 Å². The predicted octanol–water partition coefficient (Wildman–Crippen LogP) is 4.60. The fourth-order valence-electron chi connectivity index (χ4n) is 4.87. The predicted molar refractivity (Wildman–Crippen MR) is 141 cm³/mol. The number of carbonyl (C=O) groups excluding carboxylic acids is 1. The summed E-state index contributed by atoms with van der Waals surface area (Å²) in [5, 5.41) is 0.803. The number of rotatable bonds is 6. The molecule has 1 amide bonds. The lowest BCUT2D eigenvalue weighted by Gasteiger charge is -2.35.